The fourth-order valence-corrected chi connectivity index (χ4v) is 6.78. The Morgan fingerprint density at radius 2 is 1.81 bits per heavy atom. The molecule has 32 heavy (non-hydrogen) atoms. The van der Waals surface area contributed by atoms with Gasteiger partial charge in [0.15, 0.2) is 9.84 Å². The number of aryl methyl sites for hydroxylation is 1. The van der Waals surface area contributed by atoms with Crippen LogP contribution in [0.5, 0.6) is 0 Å². The number of aliphatic carboxylic acids is 1. The number of sulfone groups is 1. The first kappa shape index (κ1) is 26.5. The number of hydrogen-bond donors (Lipinski definition) is 1. The van der Waals surface area contributed by atoms with Gasteiger partial charge >= 0.3 is 12.1 Å². The Kier molecular flexibility index (Phi) is 8.29. The topological polar surface area (TPSA) is 125 Å². The lowest BCUT2D eigenvalue weighted by Gasteiger charge is -2.39. The van der Waals surface area contributed by atoms with E-state index >= 15 is 0 Å². The highest BCUT2D eigenvalue weighted by Crippen LogP contribution is 2.29. The quantitative estimate of drug-likeness (QED) is 0.652. The predicted octanol–water partition coefficient (Wildman–Crippen LogP) is 1.05. The molecule has 2 fully saturated rings. The Balaban J connectivity index is 0.000000451. The summed E-state index contributed by atoms with van der Waals surface area (Å²) in [6.45, 7) is 3.64. The summed E-state index contributed by atoms with van der Waals surface area (Å²) in [5.74, 6) is -2.63. The van der Waals surface area contributed by atoms with Crippen LogP contribution in [-0.4, -0.2) is 91.2 Å². The summed E-state index contributed by atoms with van der Waals surface area (Å²) in [4.78, 5) is 15.6. The predicted molar refractivity (Wildman–Crippen MR) is 110 cm³/mol. The summed E-state index contributed by atoms with van der Waals surface area (Å²) in [6.07, 6.45) is -3.01. The van der Waals surface area contributed by atoms with Crippen LogP contribution in [0.3, 0.4) is 0 Å². The van der Waals surface area contributed by atoms with E-state index in [1.165, 1.54) is 10.6 Å². The van der Waals surface area contributed by atoms with Gasteiger partial charge in [0.2, 0.25) is 10.0 Å². The molecule has 2 saturated heterocycles. The Labute approximate surface area is 185 Å². The van der Waals surface area contributed by atoms with Gasteiger partial charge in [-0.25, -0.2) is 25.9 Å². The van der Waals surface area contributed by atoms with Crippen molar-refractivity contribution in [3.05, 3.63) is 29.6 Å². The number of carbonyl (C=O) groups is 1. The van der Waals surface area contributed by atoms with E-state index in [2.05, 4.69) is 9.88 Å². The molecule has 0 aliphatic carbocycles. The molecule has 0 amide bonds. The zero-order chi connectivity index (χ0) is 24.3. The van der Waals surface area contributed by atoms with Gasteiger partial charge in [-0.3, -0.25) is 9.88 Å². The number of sulfonamides is 1. The third-order valence-electron chi connectivity index (χ3n) is 5.38. The molecule has 0 spiro atoms. The van der Waals surface area contributed by atoms with Gasteiger partial charge in [-0.15, -0.1) is 0 Å². The number of halogens is 3. The first-order valence-corrected chi connectivity index (χ1v) is 13.3. The van der Waals surface area contributed by atoms with Crippen molar-refractivity contribution in [2.45, 2.75) is 43.8 Å². The average Bonchev–Trinajstić information content (AvgIpc) is 2.88. The second kappa shape index (κ2) is 10.0. The fraction of sp³-hybridized carbons (Fsp3) is 0.667. The van der Waals surface area contributed by atoms with Crippen LogP contribution >= 0.6 is 0 Å². The van der Waals surface area contributed by atoms with Crippen LogP contribution < -0.4 is 0 Å². The molecule has 2 atom stereocenters. The fourth-order valence-electron chi connectivity index (χ4n) is 3.86. The highest BCUT2D eigenvalue weighted by atomic mass is 32.2. The lowest BCUT2D eigenvalue weighted by molar-refractivity contribution is -0.192. The number of carboxylic acid groups (broad SMARTS) is 1. The van der Waals surface area contributed by atoms with E-state index in [1.807, 2.05) is 25.1 Å². The van der Waals surface area contributed by atoms with Gasteiger partial charge < -0.3 is 5.11 Å². The van der Waals surface area contributed by atoms with Crippen LogP contribution in [0.25, 0.3) is 0 Å². The molecule has 3 heterocycles. The molecule has 0 unspecified atom stereocenters. The maximum absolute atomic E-state index is 12.6. The Hall–Kier alpha value is -1.77. The Bertz CT molecular complexity index is 1030. The minimum atomic E-state index is -5.08. The van der Waals surface area contributed by atoms with Crippen molar-refractivity contribution in [3.8, 4) is 0 Å². The van der Waals surface area contributed by atoms with Crippen LogP contribution in [0.4, 0.5) is 13.2 Å². The molecular formula is C18H26F3N3O6S2. The number of pyridine rings is 1. The van der Waals surface area contributed by atoms with E-state index in [9.17, 15) is 30.0 Å². The Morgan fingerprint density at radius 1 is 1.22 bits per heavy atom. The van der Waals surface area contributed by atoms with Gasteiger partial charge in [-0.05, 0) is 31.9 Å². The molecule has 2 aliphatic rings. The molecule has 1 aromatic rings. The van der Waals surface area contributed by atoms with Gasteiger partial charge in [0, 0.05) is 37.9 Å². The van der Waals surface area contributed by atoms with E-state index in [-0.39, 0.29) is 18.3 Å². The van der Waals surface area contributed by atoms with Crippen molar-refractivity contribution < 1.29 is 39.9 Å². The molecular weight excluding hydrogens is 475 g/mol. The van der Waals surface area contributed by atoms with Crippen molar-refractivity contribution in [2.75, 3.05) is 31.6 Å². The first-order valence-electron chi connectivity index (χ1n) is 9.74. The van der Waals surface area contributed by atoms with Crippen LogP contribution in [0.1, 0.15) is 24.2 Å². The largest absolute Gasteiger partial charge is 0.490 e. The summed E-state index contributed by atoms with van der Waals surface area (Å²) in [6, 6.07) is 5.68. The highest BCUT2D eigenvalue weighted by Gasteiger charge is 2.43. The zero-order valence-corrected chi connectivity index (χ0v) is 19.2. The average molecular weight is 502 g/mol. The second-order valence-electron chi connectivity index (χ2n) is 7.76. The molecule has 2 aliphatic heterocycles. The molecule has 1 aromatic heterocycles. The SMILES string of the molecule is Cc1cccc(CN2CCS(=O)(=O)[C@@H]3CCN(S(C)(=O)=O)CC[C@@H]32)n1.O=C(O)C(F)(F)F. The number of hydrogen-bond acceptors (Lipinski definition) is 7. The number of alkyl halides is 3. The third kappa shape index (κ3) is 7.12. The van der Waals surface area contributed by atoms with E-state index in [4.69, 9.17) is 9.90 Å². The summed E-state index contributed by atoms with van der Waals surface area (Å²) >= 11 is 0. The minimum Gasteiger partial charge on any atom is -0.475 e. The van der Waals surface area contributed by atoms with Crippen LogP contribution in [-0.2, 0) is 31.2 Å². The molecule has 0 saturated carbocycles. The third-order valence-corrected chi connectivity index (χ3v) is 8.91. The summed E-state index contributed by atoms with van der Waals surface area (Å²) in [5.41, 5.74) is 1.85. The van der Waals surface area contributed by atoms with Crippen molar-refractivity contribution in [2.24, 2.45) is 0 Å². The lowest BCUT2D eigenvalue weighted by Crippen LogP contribution is -2.54. The second-order valence-corrected chi connectivity index (χ2v) is 12.1. The molecule has 182 valence electrons. The summed E-state index contributed by atoms with van der Waals surface area (Å²) in [5, 5.41) is 6.62. The highest BCUT2D eigenvalue weighted by molar-refractivity contribution is 7.92. The Morgan fingerprint density at radius 3 is 2.34 bits per heavy atom. The van der Waals surface area contributed by atoms with Crippen molar-refractivity contribution in [1.82, 2.24) is 14.2 Å². The number of rotatable bonds is 3. The van der Waals surface area contributed by atoms with Crippen LogP contribution in [0.2, 0.25) is 0 Å². The number of aromatic nitrogens is 1. The number of nitrogens with zero attached hydrogens (tertiary/aromatic N) is 3. The van der Waals surface area contributed by atoms with Gasteiger partial charge in [-0.1, -0.05) is 6.07 Å². The maximum Gasteiger partial charge on any atom is 0.490 e. The molecule has 0 bridgehead atoms. The molecule has 1 N–H and O–H groups in total. The molecule has 0 radical (unpaired) electrons. The van der Waals surface area contributed by atoms with Crippen LogP contribution in [0.15, 0.2) is 18.2 Å². The standard InChI is InChI=1S/C16H25N3O4S2.C2HF3O2/c1-13-4-3-5-14(17-13)12-18-10-11-25(22,23)16-7-9-19(24(2,20)21)8-6-15(16)18;3-2(4,5)1(6)7/h3-5,15-16H,6-12H2,1-2H3;(H,6,7)/t15-,16+;/m0./s1. The van der Waals surface area contributed by atoms with Crippen molar-refractivity contribution >= 4 is 25.8 Å². The minimum absolute atomic E-state index is 0.124. The van der Waals surface area contributed by atoms with E-state index in [0.717, 1.165) is 11.4 Å². The van der Waals surface area contributed by atoms with Gasteiger partial charge in [0.25, 0.3) is 0 Å². The first-order chi connectivity index (χ1) is 14.6. The number of carboxylic acids is 1. The van der Waals surface area contributed by atoms with E-state index in [0.29, 0.717) is 32.5 Å². The normalized spacial score (nSPS) is 24.5. The molecule has 0 aromatic carbocycles. The molecule has 14 heteroatoms. The van der Waals surface area contributed by atoms with E-state index < -0.39 is 37.3 Å². The zero-order valence-electron chi connectivity index (χ0n) is 17.6. The summed E-state index contributed by atoms with van der Waals surface area (Å²) < 4.78 is 82.0. The van der Waals surface area contributed by atoms with Crippen molar-refractivity contribution in [3.63, 3.8) is 0 Å². The summed E-state index contributed by atoms with van der Waals surface area (Å²) in [7, 11) is -6.50. The van der Waals surface area contributed by atoms with Gasteiger partial charge in [-0.2, -0.15) is 13.2 Å². The van der Waals surface area contributed by atoms with Gasteiger partial charge in [0.05, 0.1) is 23.0 Å². The maximum atomic E-state index is 12.6. The van der Waals surface area contributed by atoms with Gasteiger partial charge in [0.1, 0.15) is 0 Å². The molecule has 3 rings (SSSR count). The lowest BCUT2D eigenvalue weighted by atomic mass is 10.1. The monoisotopic (exact) mass is 501 g/mol. The molecule has 9 nitrogen and oxygen atoms in total. The smallest absolute Gasteiger partial charge is 0.475 e. The number of fused-ring (bicyclic) bond motifs is 1. The van der Waals surface area contributed by atoms with Crippen molar-refractivity contribution in [1.29, 1.82) is 0 Å². The van der Waals surface area contributed by atoms with Crippen LogP contribution in [0, 0.1) is 6.92 Å². The van der Waals surface area contributed by atoms with E-state index in [1.54, 1.807) is 0 Å².